The molecule has 0 spiro atoms. The van der Waals surface area contributed by atoms with Crippen LogP contribution in [0.15, 0.2) is 34.8 Å². The molecular formula is C26H39NO6S2. The van der Waals surface area contributed by atoms with E-state index in [1.807, 2.05) is 50.5 Å². The smallest absolute Gasteiger partial charge is 0.309 e. The molecule has 2 heterocycles. The van der Waals surface area contributed by atoms with Crippen molar-refractivity contribution in [2.24, 2.45) is 5.92 Å². The number of nitrogens with zero attached hydrogens (tertiary/aromatic N) is 1. The molecule has 0 aliphatic carbocycles. The number of hydrogen-bond acceptors (Lipinski definition) is 8. The first kappa shape index (κ1) is 29.4. The molecule has 0 amide bonds. The van der Waals surface area contributed by atoms with Crippen molar-refractivity contribution < 1.29 is 28.2 Å². The summed E-state index contributed by atoms with van der Waals surface area (Å²) in [7, 11) is -4.01. The highest BCUT2D eigenvalue weighted by Crippen LogP contribution is 2.31. The second-order valence-corrected chi connectivity index (χ2v) is 13.9. The predicted molar refractivity (Wildman–Crippen MR) is 141 cm³/mol. The van der Waals surface area contributed by atoms with Gasteiger partial charge in [0.15, 0.2) is 9.84 Å². The number of aliphatic hydroxyl groups excluding tert-OH is 2. The van der Waals surface area contributed by atoms with Crippen molar-refractivity contribution in [3.63, 3.8) is 0 Å². The lowest BCUT2D eigenvalue weighted by atomic mass is 10.00. The van der Waals surface area contributed by atoms with Gasteiger partial charge in [0, 0.05) is 17.7 Å². The van der Waals surface area contributed by atoms with E-state index in [0.29, 0.717) is 12.8 Å². The Morgan fingerprint density at radius 2 is 1.91 bits per heavy atom. The van der Waals surface area contributed by atoms with Gasteiger partial charge in [0.05, 0.1) is 39.3 Å². The number of allylic oxidation sites excluding steroid dienone is 2. The van der Waals surface area contributed by atoms with E-state index < -0.39 is 56.5 Å². The van der Waals surface area contributed by atoms with E-state index in [0.717, 1.165) is 21.8 Å². The fraction of sp³-hybridized carbons (Fsp3) is 0.615. The van der Waals surface area contributed by atoms with E-state index in [4.69, 9.17) is 4.74 Å². The lowest BCUT2D eigenvalue weighted by Gasteiger charge is -2.35. The predicted octanol–water partition coefficient (Wildman–Crippen LogP) is 4.39. The van der Waals surface area contributed by atoms with Crippen LogP contribution < -0.4 is 0 Å². The molecule has 2 rings (SSSR count). The molecule has 0 aromatic carbocycles. The quantitative estimate of drug-likeness (QED) is 0.435. The summed E-state index contributed by atoms with van der Waals surface area (Å²) in [5.41, 5.74) is 2.64. The van der Waals surface area contributed by atoms with E-state index in [1.54, 1.807) is 6.92 Å². The molecule has 1 aliphatic heterocycles. The van der Waals surface area contributed by atoms with E-state index in [9.17, 15) is 23.4 Å². The second-order valence-electron chi connectivity index (χ2n) is 10.00. The molecular weight excluding hydrogens is 486 g/mol. The van der Waals surface area contributed by atoms with Crippen LogP contribution in [0.4, 0.5) is 0 Å². The minimum Gasteiger partial charge on any atom is -0.457 e. The number of rotatable bonds is 2. The maximum absolute atomic E-state index is 13.3. The molecule has 1 aromatic heterocycles. The third-order valence-corrected chi connectivity index (χ3v) is 10.5. The average Bonchev–Trinajstić information content (AvgIpc) is 3.18. The monoisotopic (exact) mass is 525 g/mol. The first-order valence-electron chi connectivity index (χ1n) is 11.9. The number of carbonyl (C=O) groups is 1. The van der Waals surface area contributed by atoms with Crippen LogP contribution in [-0.2, 0) is 19.4 Å². The summed E-state index contributed by atoms with van der Waals surface area (Å²) in [4.78, 5) is 17.3. The Bertz CT molecular complexity index is 1080. The zero-order valence-electron chi connectivity index (χ0n) is 21.7. The van der Waals surface area contributed by atoms with Crippen molar-refractivity contribution in [2.75, 3.05) is 0 Å². The van der Waals surface area contributed by atoms with Gasteiger partial charge in [-0.15, -0.1) is 11.3 Å². The first-order valence-corrected chi connectivity index (χ1v) is 14.3. The highest BCUT2D eigenvalue weighted by atomic mass is 32.2. The maximum atomic E-state index is 13.3. The molecule has 0 unspecified atom stereocenters. The number of cyclic esters (lactones) is 1. The zero-order valence-corrected chi connectivity index (χ0v) is 23.3. The van der Waals surface area contributed by atoms with E-state index in [-0.39, 0.29) is 0 Å². The molecule has 0 saturated carbocycles. The molecule has 2 N–H and O–H groups in total. The van der Waals surface area contributed by atoms with E-state index in [2.05, 4.69) is 4.98 Å². The van der Waals surface area contributed by atoms with Crippen LogP contribution in [0.3, 0.4) is 0 Å². The van der Waals surface area contributed by atoms with Gasteiger partial charge in [-0.1, -0.05) is 30.7 Å². The van der Waals surface area contributed by atoms with E-state index >= 15 is 0 Å². The summed E-state index contributed by atoms with van der Waals surface area (Å²) in [6, 6.07) is 0. The largest absolute Gasteiger partial charge is 0.457 e. The van der Waals surface area contributed by atoms with Crippen molar-refractivity contribution in [3.8, 4) is 0 Å². The van der Waals surface area contributed by atoms with Crippen LogP contribution in [0.25, 0.3) is 6.08 Å². The lowest BCUT2D eigenvalue weighted by molar-refractivity contribution is -0.149. The minimum atomic E-state index is -4.01. The molecule has 0 bridgehead atoms. The SMILES string of the molecule is C/C1=C/C[C@@H](/C(C)=C/c2csc(C)n2)OC(=O)C[C@H](O)C(C)(C)S(=O)(=O)[C@H](C)[C@@H](O)[C@@H](C)/C=C/C1. The van der Waals surface area contributed by atoms with Crippen LogP contribution in [0.2, 0.25) is 0 Å². The number of thiazole rings is 1. The molecule has 0 fully saturated rings. The Labute approximate surface area is 213 Å². The van der Waals surface area contributed by atoms with Crippen LogP contribution >= 0.6 is 11.3 Å². The second kappa shape index (κ2) is 12.0. The molecule has 35 heavy (non-hydrogen) atoms. The van der Waals surface area contributed by atoms with Gasteiger partial charge in [0.25, 0.3) is 0 Å². The topological polar surface area (TPSA) is 114 Å². The summed E-state index contributed by atoms with van der Waals surface area (Å²) in [6.45, 7) is 11.7. The fourth-order valence-electron chi connectivity index (χ4n) is 3.96. The van der Waals surface area contributed by atoms with Gasteiger partial charge < -0.3 is 14.9 Å². The maximum Gasteiger partial charge on any atom is 0.309 e. The molecule has 9 heteroatoms. The van der Waals surface area contributed by atoms with Crippen LogP contribution in [0, 0.1) is 12.8 Å². The Morgan fingerprint density at radius 1 is 1.26 bits per heavy atom. The van der Waals surface area contributed by atoms with Crippen molar-refractivity contribution in [2.45, 2.75) is 96.0 Å². The van der Waals surface area contributed by atoms with Crippen molar-refractivity contribution in [1.29, 1.82) is 0 Å². The standard InChI is InChI=1S/C26H39NO6S2/c1-16-9-8-10-17(2)25(30)19(4)35(31,32)26(6,7)23(28)14-24(29)33-22(12-11-16)18(3)13-21-15-34-20(5)27-21/h8,10-11,13,15,17,19,22-23,25,28,30H,9,12,14H2,1-7H3/b10-8+,16-11-,18-13+/t17-,19+,22-,23-,25-/m0/s1. The third kappa shape index (κ3) is 7.35. The summed E-state index contributed by atoms with van der Waals surface area (Å²) in [5, 5.41) is 23.3. The van der Waals surface area contributed by atoms with Crippen LogP contribution in [0.1, 0.15) is 71.5 Å². The van der Waals surface area contributed by atoms with Gasteiger partial charge >= 0.3 is 5.97 Å². The highest BCUT2D eigenvalue weighted by Gasteiger charge is 2.47. The summed E-state index contributed by atoms with van der Waals surface area (Å²) in [6.07, 6.45) is 4.94. The Morgan fingerprint density at radius 3 is 2.51 bits per heavy atom. The third-order valence-electron chi connectivity index (χ3n) is 6.76. The number of aliphatic hydroxyl groups is 2. The normalized spacial score (nSPS) is 33.4. The summed E-state index contributed by atoms with van der Waals surface area (Å²) in [5.74, 6) is -1.09. The Hall–Kier alpha value is -1.81. The summed E-state index contributed by atoms with van der Waals surface area (Å²) >= 11 is 1.53. The van der Waals surface area contributed by atoms with Gasteiger partial charge in [-0.05, 0) is 59.6 Å². The zero-order chi connectivity index (χ0) is 26.6. The number of sulfone groups is 1. The number of ether oxygens (including phenoxy) is 1. The Kier molecular flexibility index (Phi) is 10.0. The molecule has 1 aliphatic rings. The first-order chi connectivity index (χ1) is 16.2. The molecule has 5 atom stereocenters. The number of hydrogen-bond donors (Lipinski definition) is 2. The minimum absolute atomic E-state index is 0.405. The molecule has 7 nitrogen and oxygen atoms in total. The Balaban J connectivity index is 2.43. The van der Waals surface area contributed by atoms with Crippen molar-refractivity contribution in [1.82, 2.24) is 4.98 Å². The number of aromatic nitrogens is 1. The average molecular weight is 526 g/mol. The van der Waals surface area contributed by atoms with Crippen molar-refractivity contribution in [3.05, 3.63) is 45.5 Å². The van der Waals surface area contributed by atoms with Gasteiger partial charge in [-0.25, -0.2) is 13.4 Å². The molecule has 0 saturated heterocycles. The molecule has 196 valence electrons. The molecule has 1 aromatic rings. The van der Waals surface area contributed by atoms with Gasteiger partial charge in [0.2, 0.25) is 0 Å². The van der Waals surface area contributed by atoms with Crippen molar-refractivity contribution >= 4 is 33.2 Å². The summed E-state index contributed by atoms with van der Waals surface area (Å²) < 4.78 is 30.7. The van der Waals surface area contributed by atoms with Gasteiger partial charge in [0.1, 0.15) is 6.10 Å². The lowest BCUT2D eigenvalue weighted by Crippen LogP contribution is -2.52. The number of esters is 1. The number of carbonyl (C=O) groups excluding carboxylic acids is 1. The fourth-order valence-corrected chi connectivity index (χ4v) is 6.57. The highest BCUT2D eigenvalue weighted by molar-refractivity contribution is 7.93. The van der Waals surface area contributed by atoms with Crippen LogP contribution in [0.5, 0.6) is 0 Å². The van der Waals surface area contributed by atoms with E-state index in [1.165, 1.54) is 32.1 Å². The van der Waals surface area contributed by atoms with Gasteiger partial charge in [-0.3, -0.25) is 4.79 Å². The number of aryl methyl sites for hydroxylation is 1. The van der Waals surface area contributed by atoms with Gasteiger partial charge in [-0.2, -0.15) is 0 Å². The van der Waals surface area contributed by atoms with Crippen LogP contribution in [-0.4, -0.2) is 57.9 Å². The molecule has 0 radical (unpaired) electrons.